The standard InChI is InChI=1S/C8H17N3O/c1-8(11(2)3)5-9-4-7(12)10-6-8/h9H,4-6H2,1-3H3,(H,10,12). The molecule has 12 heavy (non-hydrogen) atoms. The fraction of sp³-hybridized carbons (Fsp3) is 0.875. The van der Waals surface area contributed by atoms with E-state index in [0.717, 1.165) is 6.54 Å². The molecule has 0 aromatic rings. The van der Waals surface area contributed by atoms with Crippen molar-refractivity contribution in [3.63, 3.8) is 0 Å². The Balaban J connectivity index is 2.61. The molecule has 1 aliphatic rings. The molecule has 1 unspecified atom stereocenters. The maximum Gasteiger partial charge on any atom is 0.234 e. The number of likely N-dealkylation sites (N-methyl/N-ethyl adjacent to an activating group) is 1. The lowest BCUT2D eigenvalue weighted by Crippen LogP contribution is -2.53. The van der Waals surface area contributed by atoms with Gasteiger partial charge < -0.3 is 15.5 Å². The van der Waals surface area contributed by atoms with Crippen LogP contribution in [-0.2, 0) is 4.79 Å². The van der Waals surface area contributed by atoms with Crippen molar-refractivity contribution in [3.8, 4) is 0 Å². The van der Waals surface area contributed by atoms with E-state index in [1.54, 1.807) is 0 Å². The van der Waals surface area contributed by atoms with E-state index in [-0.39, 0.29) is 11.4 Å². The third kappa shape index (κ3) is 1.95. The summed E-state index contributed by atoms with van der Waals surface area (Å²) in [7, 11) is 4.05. The number of amides is 1. The van der Waals surface area contributed by atoms with E-state index in [4.69, 9.17) is 0 Å². The SMILES string of the molecule is CN(C)C1(C)CNCC(=O)NC1. The predicted octanol–water partition coefficient (Wildman–Crippen LogP) is -0.974. The minimum absolute atomic E-state index is 0.0339. The Kier molecular flexibility index (Phi) is 2.69. The highest BCUT2D eigenvalue weighted by atomic mass is 16.1. The van der Waals surface area contributed by atoms with Crippen molar-refractivity contribution in [2.24, 2.45) is 0 Å². The maximum atomic E-state index is 11.0. The van der Waals surface area contributed by atoms with E-state index < -0.39 is 0 Å². The molecule has 0 radical (unpaired) electrons. The third-order valence-electron chi connectivity index (χ3n) is 2.54. The quantitative estimate of drug-likeness (QED) is 0.533. The summed E-state index contributed by atoms with van der Waals surface area (Å²) in [6.45, 7) is 4.12. The van der Waals surface area contributed by atoms with Crippen molar-refractivity contribution >= 4 is 5.91 Å². The van der Waals surface area contributed by atoms with E-state index in [0.29, 0.717) is 13.1 Å². The second-order valence-corrected chi connectivity index (χ2v) is 3.77. The van der Waals surface area contributed by atoms with Crippen LogP contribution in [0.1, 0.15) is 6.92 Å². The first-order valence-electron chi connectivity index (χ1n) is 4.19. The second kappa shape index (κ2) is 3.41. The number of hydrogen-bond acceptors (Lipinski definition) is 3. The molecule has 4 nitrogen and oxygen atoms in total. The summed E-state index contributed by atoms with van der Waals surface area (Å²) in [5.41, 5.74) is 0.0339. The average Bonchev–Trinajstić information content (AvgIpc) is 2.15. The summed E-state index contributed by atoms with van der Waals surface area (Å²) in [5.74, 6) is 0.0839. The molecular formula is C8H17N3O. The van der Waals surface area contributed by atoms with Crippen LogP contribution in [-0.4, -0.2) is 50.1 Å². The molecule has 0 spiro atoms. The van der Waals surface area contributed by atoms with Gasteiger partial charge in [-0.05, 0) is 21.0 Å². The van der Waals surface area contributed by atoms with Gasteiger partial charge in [0.1, 0.15) is 0 Å². The molecule has 1 fully saturated rings. The maximum absolute atomic E-state index is 11.0. The van der Waals surface area contributed by atoms with E-state index in [1.807, 2.05) is 14.1 Å². The highest BCUT2D eigenvalue weighted by Crippen LogP contribution is 2.09. The number of nitrogens with one attached hydrogen (secondary N) is 2. The molecule has 0 bridgehead atoms. The van der Waals surface area contributed by atoms with Crippen molar-refractivity contribution in [1.29, 1.82) is 0 Å². The molecule has 0 aromatic heterocycles. The first-order valence-corrected chi connectivity index (χ1v) is 4.19. The van der Waals surface area contributed by atoms with Gasteiger partial charge in [0, 0.05) is 18.6 Å². The summed E-state index contributed by atoms with van der Waals surface area (Å²) < 4.78 is 0. The van der Waals surface area contributed by atoms with Gasteiger partial charge in [-0.25, -0.2) is 0 Å². The summed E-state index contributed by atoms with van der Waals surface area (Å²) in [4.78, 5) is 13.1. The van der Waals surface area contributed by atoms with Crippen LogP contribution in [0.25, 0.3) is 0 Å². The molecule has 1 amide bonds. The zero-order valence-electron chi connectivity index (χ0n) is 7.98. The third-order valence-corrected chi connectivity index (χ3v) is 2.54. The van der Waals surface area contributed by atoms with Crippen molar-refractivity contribution in [2.75, 3.05) is 33.7 Å². The molecule has 1 aliphatic heterocycles. The lowest BCUT2D eigenvalue weighted by Gasteiger charge is -2.34. The Morgan fingerprint density at radius 3 is 2.67 bits per heavy atom. The highest BCUT2D eigenvalue weighted by molar-refractivity contribution is 5.78. The lowest BCUT2D eigenvalue weighted by molar-refractivity contribution is -0.120. The van der Waals surface area contributed by atoms with Crippen LogP contribution in [0.15, 0.2) is 0 Å². The van der Waals surface area contributed by atoms with Crippen molar-refractivity contribution < 1.29 is 4.79 Å². The van der Waals surface area contributed by atoms with Gasteiger partial charge in [-0.15, -0.1) is 0 Å². The molecule has 2 N–H and O–H groups in total. The van der Waals surface area contributed by atoms with Crippen LogP contribution in [0.4, 0.5) is 0 Å². The number of carbonyl (C=O) groups is 1. The zero-order valence-corrected chi connectivity index (χ0v) is 7.98. The van der Waals surface area contributed by atoms with Gasteiger partial charge in [0.25, 0.3) is 0 Å². The van der Waals surface area contributed by atoms with Gasteiger partial charge in [-0.3, -0.25) is 4.79 Å². The van der Waals surface area contributed by atoms with E-state index in [1.165, 1.54) is 0 Å². The van der Waals surface area contributed by atoms with Crippen LogP contribution in [0.5, 0.6) is 0 Å². The first kappa shape index (κ1) is 9.48. The van der Waals surface area contributed by atoms with E-state index in [2.05, 4.69) is 22.5 Å². The molecule has 0 saturated carbocycles. The molecule has 1 saturated heterocycles. The van der Waals surface area contributed by atoms with Gasteiger partial charge in [0.05, 0.1) is 6.54 Å². The molecule has 4 heteroatoms. The van der Waals surface area contributed by atoms with Gasteiger partial charge in [0.2, 0.25) is 5.91 Å². The monoisotopic (exact) mass is 171 g/mol. The Morgan fingerprint density at radius 1 is 1.42 bits per heavy atom. The summed E-state index contributed by atoms with van der Waals surface area (Å²) in [6.07, 6.45) is 0. The van der Waals surface area contributed by atoms with Gasteiger partial charge in [-0.2, -0.15) is 0 Å². The van der Waals surface area contributed by atoms with Crippen LogP contribution in [0, 0.1) is 0 Å². The lowest BCUT2D eigenvalue weighted by atomic mass is 10.0. The fourth-order valence-corrected chi connectivity index (χ4v) is 1.18. The minimum Gasteiger partial charge on any atom is -0.353 e. The summed E-state index contributed by atoms with van der Waals surface area (Å²) in [6, 6.07) is 0. The zero-order chi connectivity index (χ0) is 9.19. The first-order chi connectivity index (χ1) is 5.54. The van der Waals surface area contributed by atoms with Crippen molar-refractivity contribution in [2.45, 2.75) is 12.5 Å². The van der Waals surface area contributed by atoms with Gasteiger partial charge in [-0.1, -0.05) is 0 Å². The highest BCUT2D eigenvalue weighted by Gasteiger charge is 2.29. The number of nitrogens with zero attached hydrogens (tertiary/aromatic N) is 1. The number of carbonyl (C=O) groups excluding carboxylic acids is 1. The Bertz CT molecular complexity index is 181. The Morgan fingerprint density at radius 2 is 2.08 bits per heavy atom. The predicted molar refractivity (Wildman–Crippen MR) is 48.0 cm³/mol. The van der Waals surface area contributed by atoms with E-state index >= 15 is 0 Å². The molecule has 0 aliphatic carbocycles. The minimum atomic E-state index is 0.0339. The number of rotatable bonds is 1. The summed E-state index contributed by atoms with van der Waals surface area (Å²) in [5, 5.41) is 5.99. The van der Waals surface area contributed by atoms with Gasteiger partial charge in [0.15, 0.2) is 0 Å². The molecular weight excluding hydrogens is 154 g/mol. The van der Waals surface area contributed by atoms with Crippen LogP contribution >= 0.6 is 0 Å². The molecule has 70 valence electrons. The topological polar surface area (TPSA) is 44.4 Å². The van der Waals surface area contributed by atoms with Crippen molar-refractivity contribution in [1.82, 2.24) is 15.5 Å². The van der Waals surface area contributed by atoms with Gasteiger partial charge >= 0.3 is 0 Å². The Hall–Kier alpha value is -0.610. The van der Waals surface area contributed by atoms with Crippen molar-refractivity contribution in [3.05, 3.63) is 0 Å². The average molecular weight is 171 g/mol. The molecule has 0 aromatic carbocycles. The number of hydrogen-bond donors (Lipinski definition) is 2. The molecule has 1 rings (SSSR count). The van der Waals surface area contributed by atoms with E-state index in [9.17, 15) is 4.79 Å². The van der Waals surface area contributed by atoms with Crippen LogP contribution < -0.4 is 10.6 Å². The molecule has 1 heterocycles. The second-order valence-electron chi connectivity index (χ2n) is 3.77. The largest absolute Gasteiger partial charge is 0.353 e. The Labute approximate surface area is 73.3 Å². The fourth-order valence-electron chi connectivity index (χ4n) is 1.18. The smallest absolute Gasteiger partial charge is 0.234 e. The summed E-state index contributed by atoms with van der Waals surface area (Å²) >= 11 is 0. The normalized spacial score (nSPS) is 31.5. The van der Waals surface area contributed by atoms with Crippen LogP contribution in [0.2, 0.25) is 0 Å². The molecule has 1 atom stereocenters. The van der Waals surface area contributed by atoms with Crippen LogP contribution in [0.3, 0.4) is 0 Å².